The largest absolute Gasteiger partial charge is 0.477 e. The number of nitrogens with one attached hydrogen (secondary N) is 4. The fourth-order valence-corrected chi connectivity index (χ4v) is 11.4. The number of aliphatic hydroxyl groups excluding tert-OH is 16. The minimum Gasteiger partial charge on any atom is -0.477 e. The minimum atomic E-state index is -5.54. The molecule has 514 valence electrons. The lowest BCUT2D eigenvalue weighted by atomic mass is 9.88. The van der Waals surface area contributed by atoms with E-state index < -0.39 is 276 Å². The Morgan fingerprint density at radius 2 is 0.978 bits per heavy atom. The van der Waals surface area contributed by atoms with Crippen LogP contribution in [0, 0.1) is 0 Å². The molecule has 6 fully saturated rings. The molecule has 22 N–H and O–H groups in total. The Hall–Kier alpha value is -3.86. The Morgan fingerprint density at radius 1 is 0.517 bits per heavy atom. The fourth-order valence-electron chi connectivity index (χ4n) is 10.9. The molecule has 4 amide bonds. The third-order valence-corrected chi connectivity index (χ3v) is 15.7. The Bertz CT molecular complexity index is 2480. The van der Waals surface area contributed by atoms with Crippen LogP contribution in [-0.2, 0) is 90.7 Å². The van der Waals surface area contributed by atoms with Gasteiger partial charge in [-0.25, -0.2) is 8.98 Å². The summed E-state index contributed by atoms with van der Waals surface area (Å²) >= 11 is 0. The van der Waals surface area contributed by atoms with E-state index in [4.69, 9.17) is 52.1 Å². The molecule has 6 saturated heterocycles. The Balaban J connectivity index is 1.34. The van der Waals surface area contributed by atoms with E-state index in [1.165, 1.54) is 0 Å². The monoisotopic (exact) mass is 1320 g/mol. The van der Waals surface area contributed by atoms with Gasteiger partial charge in [-0.15, -0.1) is 0 Å². The normalized spacial score (nSPS) is 43.7. The van der Waals surface area contributed by atoms with E-state index in [0.29, 0.717) is 0 Å². The molecule has 0 unspecified atom stereocenters. The van der Waals surface area contributed by atoms with E-state index in [2.05, 4.69) is 25.5 Å². The van der Waals surface area contributed by atoms with Gasteiger partial charge in [-0.1, -0.05) is 0 Å². The zero-order valence-electron chi connectivity index (χ0n) is 47.5. The Morgan fingerprint density at radius 3 is 1.49 bits per heavy atom. The molecule has 0 aromatic carbocycles. The number of carboxylic acid groups (broad SMARTS) is 1. The average molecular weight is 1320 g/mol. The second kappa shape index (κ2) is 31.4. The van der Waals surface area contributed by atoms with Crippen LogP contribution in [0.3, 0.4) is 0 Å². The first-order valence-corrected chi connectivity index (χ1v) is 28.7. The maximum atomic E-state index is 13.2. The van der Waals surface area contributed by atoms with Crippen molar-refractivity contribution in [2.45, 2.75) is 224 Å². The molecule has 6 aliphatic rings. The van der Waals surface area contributed by atoms with Crippen LogP contribution in [-0.4, -0.2) is 359 Å². The van der Waals surface area contributed by atoms with Crippen LogP contribution in [0.15, 0.2) is 0 Å². The number of ether oxygens (including phenoxy) is 11. The lowest BCUT2D eigenvalue weighted by Gasteiger charge is -2.50. The van der Waals surface area contributed by atoms with Gasteiger partial charge in [-0.3, -0.25) is 23.7 Å². The van der Waals surface area contributed by atoms with Gasteiger partial charge in [0.25, 0.3) is 5.79 Å². The van der Waals surface area contributed by atoms with Crippen molar-refractivity contribution in [1.82, 2.24) is 21.3 Å². The van der Waals surface area contributed by atoms with Crippen LogP contribution in [0.1, 0.15) is 34.1 Å². The van der Waals surface area contributed by atoms with Crippen LogP contribution in [0.2, 0.25) is 0 Å². The first kappa shape index (κ1) is 74.2. The highest BCUT2D eigenvalue weighted by molar-refractivity contribution is 7.80. The van der Waals surface area contributed by atoms with Gasteiger partial charge in [0, 0.05) is 34.1 Å². The molecule has 0 saturated carbocycles. The number of carbonyl (C=O) groups excluding carboxylic acids is 4. The zero-order valence-corrected chi connectivity index (χ0v) is 48.3. The molecule has 0 aromatic rings. The molecule has 0 aliphatic carbocycles. The SMILES string of the molecule is CC(=O)N[C@@H]1[C@@H](O[C@@H]2O[C@H](CO)[C@@H](O[C@@H]3O[C@H](CO)[C@H](O)[C@H](O)[C@H]3O)[C@H](O)[C@H]2NC(C)=O)[C@@H](O)[C@@H](CO[C@@H]2O[C@H](CO[C@]3(C(=O)O)C[C@H](O)[C@@H](NC(C)=O)[C@H]([C@H](O)[C@H](O)CO)O3)[C@@H](O[C@@H]3O[C@H](CO)[C@H](O)[C@H](OS(=O)(=O)O)[C@H]3O)[C@H](O)[C@H]2NC(C)=O)O[C@@H]1O. The van der Waals surface area contributed by atoms with Crippen molar-refractivity contribution in [1.29, 1.82) is 0 Å². The molecule has 42 heteroatoms. The highest BCUT2D eigenvalue weighted by Crippen LogP contribution is 2.38. The summed E-state index contributed by atoms with van der Waals surface area (Å²) in [6, 6.07) is -7.33. The minimum absolute atomic E-state index is 0.867. The first-order chi connectivity index (χ1) is 41.6. The van der Waals surface area contributed by atoms with Crippen molar-refractivity contribution in [3.63, 3.8) is 0 Å². The predicted molar refractivity (Wildman–Crippen MR) is 273 cm³/mol. The number of rotatable bonds is 25. The van der Waals surface area contributed by atoms with E-state index in [1.54, 1.807) is 0 Å². The lowest BCUT2D eigenvalue weighted by molar-refractivity contribution is -0.365. The number of aliphatic hydroxyl groups is 16. The van der Waals surface area contributed by atoms with Gasteiger partial charge in [-0.05, 0) is 0 Å². The standard InChI is InChI=1S/C47H78N4O37S/c1-12(56)48-23-16(60)5-47(46(72)73,87-39(23)27(62)17(61)6-52)78-11-22-37(85-45-35(70)40(88-89(74,75)76)29(64)19(8-54)81-45)31(66)24(49-13(2)57)42(83-22)77-10-21-30(65)38(26(41(71)79-21)51-15(4)59)86-43-25(50-14(3)58)32(67)36(20(9-55)82-43)84-44-34(69)33(68)28(63)18(7-53)80-44/h16-45,52-55,60-71H,5-11H2,1-4H3,(H,48,56)(H,49,57)(H,50,58)(H,51,59)(H,72,73)(H,74,75,76)/t16-,17+,18+,19+,20+,21+,22+,23+,24+,25+,26+,27+,28-,29-,30-,31+,32+,33-,34+,35+,36+,37+,38+,39+,40-,41-,42+,43-,44-,45-,47+/m0/s1. The highest BCUT2D eigenvalue weighted by Gasteiger charge is 2.60. The number of hydrogen-bond donors (Lipinski definition) is 22. The van der Waals surface area contributed by atoms with Gasteiger partial charge in [0.15, 0.2) is 31.5 Å². The summed E-state index contributed by atoms with van der Waals surface area (Å²) in [5, 5.41) is 193. The van der Waals surface area contributed by atoms with Crippen LogP contribution in [0.4, 0.5) is 0 Å². The summed E-state index contributed by atoms with van der Waals surface area (Å²) in [7, 11) is -5.54. The number of carbonyl (C=O) groups is 5. The second-order valence-electron chi connectivity index (χ2n) is 21.7. The fraction of sp³-hybridized carbons (Fsp3) is 0.894. The van der Waals surface area contributed by atoms with Crippen LogP contribution in [0.25, 0.3) is 0 Å². The van der Waals surface area contributed by atoms with Crippen molar-refractivity contribution in [3.05, 3.63) is 0 Å². The Labute approximate surface area is 503 Å². The molecule has 6 aliphatic heterocycles. The third kappa shape index (κ3) is 17.5. The summed E-state index contributed by atoms with van der Waals surface area (Å²) in [6.45, 7) is -2.92. The van der Waals surface area contributed by atoms with Gasteiger partial charge in [0.05, 0.1) is 51.8 Å². The molecular formula is C47H78N4O37S. The smallest absolute Gasteiger partial charge is 0.397 e. The van der Waals surface area contributed by atoms with Gasteiger partial charge >= 0.3 is 16.4 Å². The predicted octanol–water partition coefficient (Wildman–Crippen LogP) is -14.5. The topological polar surface area (TPSA) is 643 Å². The average Bonchev–Trinajstić information content (AvgIpc) is 0.891. The van der Waals surface area contributed by atoms with Crippen molar-refractivity contribution in [2.24, 2.45) is 0 Å². The summed E-state index contributed by atoms with van der Waals surface area (Å²) in [5.74, 6) is -8.92. The summed E-state index contributed by atoms with van der Waals surface area (Å²) in [4.78, 5) is 63.6. The van der Waals surface area contributed by atoms with Gasteiger partial charge in [0.1, 0.15) is 140 Å². The molecule has 31 atom stereocenters. The molecule has 0 aromatic heterocycles. The van der Waals surface area contributed by atoms with Crippen LogP contribution < -0.4 is 21.3 Å². The molecular weight excluding hydrogens is 1240 g/mol. The summed E-state index contributed by atoms with van der Waals surface area (Å²) < 4.78 is 101. The van der Waals surface area contributed by atoms with E-state index >= 15 is 0 Å². The second-order valence-corrected chi connectivity index (χ2v) is 22.7. The number of amides is 4. The number of aliphatic carboxylic acids is 1. The van der Waals surface area contributed by atoms with Crippen molar-refractivity contribution >= 4 is 40.0 Å². The third-order valence-electron chi connectivity index (χ3n) is 15.2. The molecule has 0 bridgehead atoms. The van der Waals surface area contributed by atoms with Crippen molar-refractivity contribution < 1.29 is 180 Å². The molecule has 0 spiro atoms. The molecule has 41 nitrogen and oxygen atoms in total. The van der Waals surface area contributed by atoms with Gasteiger partial charge in [0.2, 0.25) is 23.6 Å². The lowest BCUT2D eigenvalue weighted by Crippen LogP contribution is -2.71. The van der Waals surface area contributed by atoms with E-state index in [9.17, 15) is 124 Å². The maximum absolute atomic E-state index is 13.2. The van der Waals surface area contributed by atoms with Crippen molar-refractivity contribution in [3.8, 4) is 0 Å². The Kier molecular flexibility index (Phi) is 26.2. The summed E-state index contributed by atoms with van der Waals surface area (Å²) in [5.41, 5.74) is 0. The molecule has 6 heterocycles. The zero-order chi connectivity index (χ0) is 66.5. The number of hydrogen-bond acceptors (Lipinski definition) is 35. The molecule has 0 radical (unpaired) electrons. The van der Waals surface area contributed by atoms with Crippen molar-refractivity contribution in [2.75, 3.05) is 39.6 Å². The van der Waals surface area contributed by atoms with E-state index in [0.717, 1.165) is 27.7 Å². The maximum Gasteiger partial charge on any atom is 0.397 e. The summed E-state index contributed by atoms with van der Waals surface area (Å²) in [6.07, 6.45) is -55.5. The van der Waals surface area contributed by atoms with Crippen LogP contribution >= 0.6 is 0 Å². The van der Waals surface area contributed by atoms with Gasteiger partial charge in [-0.2, -0.15) is 8.42 Å². The molecule has 89 heavy (non-hydrogen) atoms. The van der Waals surface area contributed by atoms with Crippen LogP contribution in [0.5, 0.6) is 0 Å². The molecule has 6 rings (SSSR count). The number of carboxylic acids is 1. The van der Waals surface area contributed by atoms with E-state index in [-0.39, 0.29) is 0 Å². The quantitative estimate of drug-likeness (QED) is 0.0377. The first-order valence-electron chi connectivity index (χ1n) is 27.4. The highest BCUT2D eigenvalue weighted by atomic mass is 32.3. The van der Waals surface area contributed by atoms with E-state index in [1.807, 2.05) is 0 Å². The van der Waals surface area contributed by atoms with Gasteiger partial charge < -0.3 is 160 Å².